The largest absolute Gasteiger partial charge is 0.477 e. The summed E-state index contributed by atoms with van der Waals surface area (Å²) in [6.45, 7) is 3.26. The fourth-order valence-corrected chi connectivity index (χ4v) is 2.03. The molecule has 0 saturated carbocycles. The van der Waals surface area contributed by atoms with Gasteiger partial charge in [0.05, 0.1) is 6.10 Å². The number of hydrogen-bond donors (Lipinski definition) is 1. The lowest BCUT2D eigenvalue weighted by molar-refractivity contribution is 0.0670. The summed E-state index contributed by atoms with van der Waals surface area (Å²) in [6.07, 6.45) is 4.10. The number of rotatable bonds is 3. The molecular formula is C11H15NO3. The maximum atomic E-state index is 11.0. The second kappa shape index (κ2) is 4.06. The molecule has 82 valence electrons. The molecule has 2 rings (SSSR count). The van der Waals surface area contributed by atoms with Gasteiger partial charge in [-0.05, 0) is 31.4 Å². The molecule has 1 atom stereocenters. The summed E-state index contributed by atoms with van der Waals surface area (Å²) in [6, 6.07) is 1.83. The minimum absolute atomic E-state index is 0.176. The van der Waals surface area contributed by atoms with Crippen molar-refractivity contribution in [2.24, 2.45) is 0 Å². The maximum Gasteiger partial charge on any atom is 0.352 e. The van der Waals surface area contributed by atoms with E-state index in [0.29, 0.717) is 12.2 Å². The molecule has 1 unspecified atom stereocenters. The molecule has 1 fully saturated rings. The standard InChI is InChI=1S/C11H15NO3/c1-8-4-5-12(10(8)11(13)14)7-9-3-2-6-15-9/h4-5,9H,2-3,6-7H2,1H3,(H,13,14). The van der Waals surface area contributed by atoms with Crippen molar-refractivity contribution in [2.45, 2.75) is 32.4 Å². The van der Waals surface area contributed by atoms with Crippen LogP contribution in [0.5, 0.6) is 0 Å². The van der Waals surface area contributed by atoms with E-state index in [1.54, 1.807) is 4.57 Å². The van der Waals surface area contributed by atoms with Crippen molar-refractivity contribution >= 4 is 5.97 Å². The molecule has 4 heteroatoms. The van der Waals surface area contributed by atoms with E-state index in [9.17, 15) is 4.79 Å². The first-order chi connectivity index (χ1) is 7.18. The lowest BCUT2D eigenvalue weighted by Crippen LogP contribution is -2.18. The number of nitrogens with zero attached hydrogens (tertiary/aromatic N) is 1. The lowest BCUT2D eigenvalue weighted by Gasteiger charge is -2.12. The van der Waals surface area contributed by atoms with Crippen LogP contribution in [0.15, 0.2) is 12.3 Å². The van der Waals surface area contributed by atoms with Gasteiger partial charge in [0.25, 0.3) is 0 Å². The van der Waals surface area contributed by atoms with Crippen molar-refractivity contribution in [2.75, 3.05) is 6.61 Å². The van der Waals surface area contributed by atoms with E-state index in [1.165, 1.54) is 0 Å². The Morgan fingerprint density at radius 2 is 2.53 bits per heavy atom. The average molecular weight is 209 g/mol. The van der Waals surface area contributed by atoms with Gasteiger partial charge in [-0.1, -0.05) is 0 Å². The number of hydrogen-bond acceptors (Lipinski definition) is 2. The minimum Gasteiger partial charge on any atom is -0.477 e. The van der Waals surface area contributed by atoms with E-state index in [2.05, 4.69) is 0 Å². The highest BCUT2D eigenvalue weighted by Crippen LogP contribution is 2.17. The van der Waals surface area contributed by atoms with Crippen LogP contribution >= 0.6 is 0 Å². The third kappa shape index (κ3) is 2.04. The minimum atomic E-state index is -0.865. The van der Waals surface area contributed by atoms with Crippen LogP contribution in [0, 0.1) is 6.92 Å². The zero-order valence-electron chi connectivity index (χ0n) is 8.77. The Kier molecular flexibility index (Phi) is 2.77. The van der Waals surface area contributed by atoms with Crippen LogP contribution < -0.4 is 0 Å². The van der Waals surface area contributed by atoms with Crippen LogP contribution in [-0.2, 0) is 11.3 Å². The number of aromatic carboxylic acids is 1. The Morgan fingerprint density at radius 1 is 1.73 bits per heavy atom. The topological polar surface area (TPSA) is 51.5 Å². The van der Waals surface area contributed by atoms with Gasteiger partial charge in [0.1, 0.15) is 5.69 Å². The molecular weight excluding hydrogens is 194 g/mol. The van der Waals surface area contributed by atoms with Crippen LogP contribution in [0.3, 0.4) is 0 Å². The molecule has 0 aromatic carbocycles. The van der Waals surface area contributed by atoms with Crippen molar-refractivity contribution in [3.63, 3.8) is 0 Å². The van der Waals surface area contributed by atoms with E-state index in [-0.39, 0.29) is 6.10 Å². The summed E-state index contributed by atoms with van der Waals surface area (Å²) in [5.41, 5.74) is 1.19. The number of aromatic nitrogens is 1. The molecule has 0 radical (unpaired) electrons. The highest BCUT2D eigenvalue weighted by Gasteiger charge is 2.19. The van der Waals surface area contributed by atoms with Gasteiger partial charge in [-0.3, -0.25) is 0 Å². The number of aryl methyl sites for hydroxylation is 1. The van der Waals surface area contributed by atoms with Gasteiger partial charge in [-0.2, -0.15) is 0 Å². The Morgan fingerprint density at radius 3 is 3.13 bits per heavy atom. The van der Waals surface area contributed by atoms with Gasteiger partial charge in [0.15, 0.2) is 0 Å². The second-order valence-electron chi connectivity index (χ2n) is 3.94. The monoisotopic (exact) mass is 209 g/mol. The highest BCUT2D eigenvalue weighted by atomic mass is 16.5. The van der Waals surface area contributed by atoms with Gasteiger partial charge in [-0.15, -0.1) is 0 Å². The zero-order chi connectivity index (χ0) is 10.8. The van der Waals surface area contributed by atoms with E-state index in [0.717, 1.165) is 25.0 Å². The Labute approximate surface area is 88.5 Å². The smallest absolute Gasteiger partial charge is 0.352 e. The Balaban J connectivity index is 2.16. The van der Waals surface area contributed by atoms with Gasteiger partial charge in [-0.25, -0.2) is 4.79 Å². The summed E-state index contributed by atoms with van der Waals surface area (Å²) in [5, 5.41) is 9.05. The van der Waals surface area contributed by atoms with Crippen molar-refractivity contribution in [3.05, 3.63) is 23.5 Å². The van der Waals surface area contributed by atoms with Crippen LogP contribution in [0.2, 0.25) is 0 Å². The van der Waals surface area contributed by atoms with E-state index in [1.807, 2.05) is 19.2 Å². The normalized spacial score (nSPS) is 20.7. The van der Waals surface area contributed by atoms with Gasteiger partial charge < -0.3 is 14.4 Å². The lowest BCUT2D eigenvalue weighted by atomic mass is 10.2. The molecule has 4 nitrogen and oxygen atoms in total. The molecule has 1 aromatic rings. The second-order valence-corrected chi connectivity index (χ2v) is 3.94. The summed E-state index contributed by atoms with van der Waals surface area (Å²) >= 11 is 0. The van der Waals surface area contributed by atoms with Crippen LogP contribution in [-0.4, -0.2) is 28.4 Å². The number of ether oxygens (including phenoxy) is 1. The number of carboxylic acid groups (broad SMARTS) is 1. The first-order valence-electron chi connectivity index (χ1n) is 5.19. The van der Waals surface area contributed by atoms with Gasteiger partial charge >= 0.3 is 5.97 Å². The zero-order valence-corrected chi connectivity index (χ0v) is 8.77. The number of carboxylic acids is 1. The molecule has 2 heterocycles. The predicted molar refractivity (Wildman–Crippen MR) is 55.1 cm³/mol. The third-order valence-corrected chi connectivity index (χ3v) is 2.79. The molecule has 1 saturated heterocycles. The van der Waals surface area contributed by atoms with Crippen molar-refractivity contribution in [1.29, 1.82) is 0 Å². The predicted octanol–water partition coefficient (Wildman–Crippen LogP) is 1.67. The molecule has 1 aliphatic rings. The molecule has 1 aromatic heterocycles. The van der Waals surface area contributed by atoms with E-state index < -0.39 is 5.97 Å². The van der Waals surface area contributed by atoms with E-state index >= 15 is 0 Å². The SMILES string of the molecule is Cc1ccn(CC2CCCO2)c1C(=O)O. The molecule has 0 spiro atoms. The average Bonchev–Trinajstić information content (AvgIpc) is 2.76. The summed E-state index contributed by atoms with van der Waals surface area (Å²) in [7, 11) is 0. The summed E-state index contributed by atoms with van der Waals surface area (Å²) < 4.78 is 7.26. The first-order valence-corrected chi connectivity index (χ1v) is 5.19. The van der Waals surface area contributed by atoms with Crippen molar-refractivity contribution < 1.29 is 14.6 Å². The summed E-state index contributed by atoms with van der Waals surface area (Å²) in [5.74, 6) is -0.865. The Hall–Kier alpha value is -1.29. The van der Waals surface area contributed by atoms with E-state index in [4.69, 9.17) is 9.84 Å². The third-order valence-electron chi connectivity index (χ3n) is 2.79. The molecule has 0 aliphatic carbocycles. The fourth-order valence-electron chi connectivity index (χ4n) is 2.03. The Bertz CT molecular complexity index is 364. The fraction of sp³-hybridized carbons (Fsp3) is 0.545. The van der Waals surface area contributed by atoms with Crippen molar-refractivity contribution in [3.8, 4) is 0 Å². The quantitative estimate of drug-likeness (QED) is 0.823. The molecule has 1 aliphatic heterocycles. The van der Waals surface area contributed by atoms with Crippen LogP contribution in [0.4, 0.5) is 0 Å². The first kappa shape index (κ1) is 10.2. The van der Waals surface area contributed by atoms with Crippen molar-refractivity contribution in [1.82, 2.24) is 4.57 Å². The van der Waals surface area contributed by atoms with Crippen LogP contribution in [0.25, 0.3) is 0 Å². The van der Waals surface area contributed by atoms with Crippen LogP contribution in [0.1, 0.15) is 28.9 Å². The molecule has 15 heavy (non-hydrogen) atoms. The van der Waals surface area contributed by atoms with Gasteiger partial charge in [0.2, 0.25) is 0 Å². The molecule has 0 amide bonds. The highest BCUT2D eigenvalue weighted by molar-refractivity contribution is 5.87. The maximum absolute atomic E-state index is 11.0. The number of carbonyl (C=O) groups is 1. The molecule has 0 bridgehead atoms. The van der Waals surface area contributed by atoms with Gasteiger partial charge in [0, 0.05) is 19.3 Å². The summed E-state index contributed by atoms with van der Waals surface area (Å²) in [4.78, 5) is 11.0. The molecule has 1 N–H and O–H groups in total.